The molecule has 20 heavy (non-hydrogen) atoms. The van der Waals surface area contributed by atoms with Crippen molar-refractivity contribution in [2.24, 2.45) is 0 Å². The van der Waals surface area contributed by atoms with Gasteiger partial charge in [-0.25, -0.2) is 0 Å². The summed E-state index contributed by atoms with van der Waals surface area (Å²) in [5.74, 6) is 0.138. The highest BCUT2D eigenvalue weighted by atomic mass is 35.5. The van der Waals surface area contributed by atoms with Gasteiger partial charge in [-0.1, -0.05) is 29.3 Å². The lowest BCUT2D eigenvalue weighted by molar-refractivity contribution is -0.133. The molecule has 0 bridgehead atoms. The van der Waals surface area contributed by atoms with Gasteiger partial charge < -0.3 is 10.2 Å². The maximum Gasteiger partial charge on any atom is 0.227 e. The van der Waals surface area contributed by atoms with E-state index < -0.39 is 0 Å². The van der Waals surface area contributed by atoms with Gasteiger partial charge in [0.2, 0.25) is 5.91 Å². The first-order valence-corrected chi connectivity index (χ1v) is 7.19. The Labute approximate surface area is 136 Å². The zero-order chi connectivity index (χ0) is 14.0. The molecule has 0 saturated carbocycles. The number of carbonyl (C=O) groups is 1. The van der Waals surface area contributed by atoms with E-state index in [0.717, 1.165) is 18.7 Å². The van der Waals surface area contributed by atoms with Crippen LogP contribution in [0, 0.1) is 0 Å². The van der Waals surface area contributed by atoms with Gasteiger partial charge in [-0.15, -0.1) is 12.4 Å². The molecule has 3 nitrogen and oxygen atoms in total. The van der Waals surface area contributed by atoms with Gasteiger partial charge in [-0.2, -0.15) is 0 Å². The summed E-state index contributed by atoms with van der Waals surface area (Å²) in [7, 11) is 0. The molecular weight excluding hydrogens is 319 g/mol. The minimum Gasteiger partial charge on any atom is -0.337 e. The van der Waals surface area contributed by atoms with Crippen molar-refractivity contribution in [3.63, 3.8) is 0 Å². The number of nitrogens with one attached hydrogen (secondary N) is 1. The number of carbonyl (C=O) groups excluding carboxylic acids is 1. The van der Waals surface area contributed by atoms with Gasteiger partial charge in [0.15, 0.2) is 0 Å². The molecule has 0 spiro atoms. The lowest BCUT2D eigenvalue weighted by Crippen LogP contribution is -2.56. The minimum atomic E-state index is 0. The smallest absolute Gasteiger partial charge is 0.227 e. The Bertz CT molecular complexity index is 481. The molecule has 2 atom stereocenters. The van der Waals surface area contributed by atoms with Crippen molar-refractivity contribution in [1.82, 2.24) is 10.2 Å². The van der Waals surface area contributed by atoms with E-state index in [1.54, 1.807) is 12.1 Å². The van der Waals surface area contributed by atoms with E-state index in [0.29, 0.717) is 22.5 Å². The summed E-state index contributed by atoms with van der Waals surface area (Å²) < 4.78 is 0. The van der Waals surface area contributed by atoms with Crippen LogP contribution >= 0.6 is 35.6 Å². The average molecular weight is 338 g/mol. The number of amides is 1. The molecule has 0 aromatic heterocycles. The summed E-state index contributed by atoms with van der Waals surface area (Å²) in [6.45, 7) is 5.74. The van der Waals surface area contributed by atoms with Crippen molar-refractivity contribution >= 4 is 41.5 Å². The zero-order valence-electron chi connectivity index (χ0n) is 11.5. The molecule has 1 aliphatic rings. The van der Waals surface area contributed by atoms with E-state index in [1.165, 1.54) is 0 Å². The zero-order valence-corrected chi connectivity index (χ0v) is 13.9. The van der Waals surface area contributed by atoms with E-state index in [1.807, 2.05) is 11.0 Å². The second-order valence-corrected chi connectivity index (χ2v) is 5.94. The van der Waals surface area contributed by atoms with Crippen LogP contribution in [-0.2, 0) is 11.2 Å². The van der Waals surface area contributed by atoms with Gasteiger partial charge in [-0.3, -0.25) is 4.79 Å². The van der Waals surface area contributed by atoms with Crippen molar-refractivity contribution < 1.29 is 4.79 Å². The monoisotopic (exact) mass is 336 g/mol. The van der Waals surface area contributed by atoms with Crippen LogP contribution < -0.4 is 5.32 Å². The molecule has 0 aliphatic carbocycles. The summed E-state index contributed by atoms with van der Waals surface area (Å²) >= 11 is 11.8. The van der Waals surface area contributed by atoms with Crippen LogP contribution in [-0.4, -0.2) is 36.0 Å². The van der Waals surface area contributed by atoms with Gasteiger partial charge >= 0.3 is 0 Å². The largest absolute Gasteiger partial charge is 0.337 e. The Hall–Kier alpha value is -0.480. The van der Waals surface area contributed by atoms with Crippen molar-refractivity contribution in [3.8, 4) is 0 Å². The lowest BCUT2D eigenvalue weighted by Gasteiger charge is -2.37. The number of rotatable bonds is 2. The van der Waals surface area contributed by atoms with Crippen molar-refractivity contribution in [3.05, 3.63) is 33.8 Å². The molecule has 1 aromatic carbocycles. The van der Waals surface area contributed by atoms with Gasteiger partial charge in [0, 0.05) is 25.2 Å². The first-order valence-electron chi connectivity index (χ1n) is 6.44. The summed E-state index contributed by atoms with van der Waals surface area (Å²) in [5, 5.41) is 4.37. The fourth-order valence-electron chi connectivity index (χ4n) is 2.29. The standard InChI is InChI=1S/C14H18Cl2N2O.ClH/c1-9-8-18(10(2)7-17-9)14(19)6-11-3-4-12(15)13(16)5-11;/h3-5,9-10,17H,6-8H2,1-2H3;1H. The predicted molar refractivity (Wildman–Crippen MR) is 86.1 cm³/mol. The van der Waals surface area contributed by atoms with E-state index in [4.69, 9.17) is 23.2 Å². The fourth-order valence-corrected chi connectivity index (χ4v) is 2.62. The third-order valence-electron chi connectivity index (χ3n) is 3.42. The molecule has 1 saturated heterocycles. The van der Waals surface area contributed by atoms with Crippen molar-refractivity contribution in [1.29, 1.82) is 0 Å². The topological polar surface area (TPSA) is 32.3 Å². The summed E-state index contributed by atoms with van der Waals surface area (Å²) in [6, 6.07) is 5.91. The maximum absolute atomic E-state index is 12.3. The highest BCUT2D eigenvalue weighted by Crippen LogP contribution is 2.23. The number of nitrogens with zero attached hydrogens (tertiary/aromatic N) is 1. The average Bonchev–Trinajstić information content (AvgIpc) is 2.36. The molecular formula is C14H19Cl3N2O. The molecule has 1 aromatic rings. The SMILES string of the molecule is CC1CN(C(=O)Cc2ccc(Cl)c(Cl)c2)C(C)CN1.Cl. The van der Waals surface area contributed by atoms with Crippen LogP contribution in [0.5, 0.6) is 0 Å². The maximum atomic E-state index is 12.3. The van der Waals surface area contributed by atoms with Crippen LogP contribution in [0.25, 0.3) is 0 Å². The number of halogens is 3. The Morgan fingerprint density at radius 3 is 2.70 bits per heavy atom. The predicted octanol–water partition coefficient (Wildman–Crippen LogP) is 3.17. The van der Waals surface area contributed by atoms with Gasteiger partial charge in [0.1, 0.15) is 0 Å². The highest BCUT2D eigenvalue weighted by molar-refractivity contribution is 6.42. The fraction of sp³-hybridized carbons (Fsp3) is 0.500. The molecule has 1 aliphatic heterocycles. The number of hydrogen-bond acceptors (Lipinski definition) is 2. The molecule has 2 unspecified atom stereocenters. The van der Waals surface area contributed by atoms with Crippen LogP contribution in [0.3, 0.4) is 0 Å². The van der Waals surface area contributed by atoms with Crippen LogP contribution in [0.1, 0.15) is 19.4 Å². The van der Waals surface area contributed by atoms with Gasteiger partial charge in [0.05, 0.1) is 16.5 Å². The minimum absolute atomic E-state index is 0. The molecule has 1 amide bonds. The van der Waals surface area contributed by atoms with E-state index >= 15 is 0 Å². The van der Waals surface area contributed by atoms with Gasteiger partial charge in [0.25, 0.3) is 0 Å². The van der Waals surface area contributed by atoms with Crippen molar-refractivity contribution in [2.45, 2.75) is 32.4 Å². The molecule has 0 radical (unpaired) electrons. The van der Waals surface area contributed by atoms with Crippen LogP contribution in [0.15, 0.2) is 18.2 Å². The third-order valence-corrected chi connectivity index (χ3v) is 4.16. The normalized spacial score (nSPS) is 22.3. The van der Waals surface area contributed by atoms with Crippen molar-refractivity contribution in [2.75, 3.05) is 13.1 Å². The Morgan fingerprint density at radius 1 is 1.35 bits per heavy atom. The van der Waals surface area contributed by atoms with E-state index in [2.05, 4.69) is 19.2 Å². The molecule has 6 heteroatoms. The van der Waals surface area contributed by atoms with Crippen LogP contribution in [0.4, 0.5) is 0 Å². The molecule has 2 rings (SSSR count). The summed E-state index contributed by atoms with van der Waals surface area (Å²) in [5.41, 5.74) is 0.901. The third kappa shape index (κ3) is 4.26. The molecule has 112 valence electrons. The highest BCUT2D eigenvalue weighted by Gasteiger charge is 2.26. The Balaban J connectivity index is 0.00000200. The Morgan fingerprint density at radius 2 is 2.05 bits per heavy atom. The quantitative estimate of drug-likeness (QED) is 0.899. The first-order chi connectivity index (χ1) is 8.97. The molecule has 1 heterocycles. The number of hydrogen-bond donors (Lipinski definition) is 1. The second kappa shape index (κ2) is 7.51. The number of piperazine rings is 1. The summed E-state index contributed by atoms with van der Waals surface area (Å²) in [6.07, 6.45) is 0.369. The van der Waals surface area contributed by atoms with E-state index in [9.17, 15) is 4.79 Å². The number of benzene rings is 1. The van der Waals surface area contributed by atoms with E-state index in [-0.39, 0.29) is 24.4 Å². The molecule has 1 N–H and O–H groups in total. The first kappa shape index (κ1) is 17.6. The molecule has 1 fully saturated rings. The lowest BCUT2D eigenvalue weighted by atomic mass is 10.1. The van der Waals surface area contributed by atoms with Crippen LogP contribution in [0.2, 0.25) is 10.0 Å². The Kier molecular flexibility index (Phi) is 6.59. The second-order valence-electron chi connectivity index (χ2n) is 5.13. The van der Waals surface area contributed by atoms with Gasteiger partial charge in [-0.05, 0) is 31.5 Å². The summed E-state index contributed by atoms with van der Waals surface area (Å²) in [4.78, 5) is 14.3.